The average Bonchev–Trinajstić information content (AvgIpc) is 3.47. The second kappa shape index (κ2) is 9.87. The largest absolute Gasteiger partial charge is 0.481 e. The van der Waals surface area contributed by atoms with Crippen molar-refractivity contribution in [2.45, 2.75) is 87.6 Å². The van der Waals surface area contributed by atoms with E-state index in [1.165, 1.54) is 4.90 Å². The highest BCUT2D eigenvalue weighted by Crippen LogP contribution is 2.63. The smallest absolute Gasteiger partial charge is 0.310 e. The fourth-order valence-electron chi connectivity index (χ4n) is 7.66. The Kier molecular flexibility index (Phi) is 6.92. The molecule has 5 rings (SSSR count). The van der Waals surface area contributed by atoms with E-state index >= 15 is 0 Å². The Morgan fingerprint density at radius 3 is 2.54 bits per heavy atom. The summed E-state index contributed by atoms with van der Waals surface area (Å²) in [6.45, 7) is 5.65. The first kappa shape index (κ1) is 25.9. The average molecular weight is 511 g/mol. The SMILES string of the molecule is C=CCN(C(=O)C1N([C@@H](CO)Cc2ccccc2)C(=O)[C@@H]2[C@@H](C(=O)O)[C@@]3(C)CCC12O3)C1CCCCC1. The van der Waals surface area contributed by atoms with E-state index in [4.69, 9.17) is 4.74 Å². The lowest BCUT2D eigenvalue weighted by Crippen LogP contribution is -2.60. The van der Waals surface area contributed by atoms with Crippen molar-refractivity contribution < 1.29 is 29.3 Å². The Morgan fingerprint density at radius 1 is 1.22 bits per heavy atom. The standard InChI is InChI=1S/C29H38N2O6/c1-3-16-30(20-12-8-5-9-13-20)26(34)24-29-15-14-28(2,37-29)23(27(35)36)22(29)25(33)31(24)21(18-32)17-19-10-6-4-7-11-19/h3-4,6-7,10-11,20-24,32H,1,5,8-9,12-18H2,2H3,(H,35,36)/t21-,22+,23+,24?,28-,29?/m1/s1. The van der Waals surface area contributed by atoms with Gasteiger partial charge in [-0.15, -0.1) is 6.58 Å². The van der Waals surface area contributed by atoms with Gasteiger partial charge in [-0.3, -0.25) is 14.4 Å². The number of hydrogen-bond donors (Lipinski definition) is 2. The molecule has 200 valence electrons. The molecule has 37 heavy (non-hydrogen) atoms. The van der Waals surface area contributed by atoms with Crippen molar-refractivity contribution in [2.24, 2.45) is 11.8 Å². The molecule has 3 aliphatic heterocycles. The summed E-state index contributed by atoms with van der Waals surface area (Å²) < 4.78 is 6.54. The zero-order valence-electron chi connectivity index (χ0n) is 21.6. The minimum Gasteiger partial charge on any atom is -0.481 e. The number of carboxylic acid groups (broad SMARTS) is 1. The summed E-state index contributed by atoms with van der Waals surface area (Å²) in [4.78, 5) is 44.5. The van der Waals surface area contributed by atoms with Gasteiger partial charge in [0.05, 0.1) is 30.1 Å². The molecule has 8 heteroatoms. The van der Waals surface area contributed by atoms with Crippen LogP contribution in [0.25, 0.3) is 0 Å². The Morgan fingerprint density at radius 2 is 1.92 bits per heavy atom. The predicted molar refractivity (Wildman–Crippen MR) is 137 cm³/mol. The van der Waals surface area contributed by atoms with Crippen molar-refractivity contribution in [1.82, 2.24) is 9.80 Å². The van der Waals surface area contributed by atoms with Crippen LogP contribution in [0.2, 0.25) is 0 Å². The van der Waals surface area contributed by atoms with Crippen LogP contribution in [0.5, 0.6) is 0 Å². The Bertz CT molecular complexity index is 1060. The van der Waals surface area contributed by atoms with E-state index in [0.717, 1.165) is 37.7 Å². The van der Waals surface area contributed by atoms with Crippen LogP contribution in [0.3, 0.4) is 0 Å². The zero-order chi connectivity index (χ0) is 26.4. The molecular formula is C29H38N2O6. The second-order valence-electron chi connectivity index (χ2n) is 11.4. The first-order chi connectivity index (χ1) is 17.8. The number of rotatable bonds is 9. The molecule has 0 aromatic heterocycles. The summed E-state index contributed by atoms with van der Waals surface area (Å²) in [6.07, 6.45) is 7.97. The van der Waals surface area contributed by atoms with E-state index in [1.807, 2.05) is 35.2 Å². The third-order valence-corrected chi connectivity index (χ3v) is 9.26. The van der Waals surface area contributed by atoms with Crippen LogP contribution in [-0.2, 0) is 25.5 Å². The maximum Gasteiger partial charge on any atom is 0.310 e. The normalized spacial score (nSPS) is 33.8. The van der Waals surface area contributed by atoms with Crippen LogP contribution in [-0.4, -0.2) is 80.3 Å². The van der Waals surface area contributed by atoms with Crippen LogP contribution in [0.1, 0.15) is 57.4 Å². The number of likely N-dealkylation sites (tertiary alicyclic amines) is 1. The number of aliphatic hydroxyl groups excluding tert-OH is 1. The zero-order valence-corrected chi connectivity index (χ0v) is 21.6. The number of hydrogen-bond acceptors (Lipinski definition) is 5. The minimum absolute atomic E-state index is 0.0396. The lowest BCUT2D eigenvalue weighted by atomic mass is 9.66. The molecule has 2 amide bonds. The predicted octanol–water partition coefficient (Wildman–Crippen LogP) is 2.79. The quantitative estimate of drug-likeness (QED) is 0.495. The molecule has 2 bridgehead atoms. The number of carbonyl (C=O) groups excluding carboxylic acids is 2. The molecule has 2 N–H and O–H groups in total. The molecular weight excluding hydrogens is 472 g/mol. The van der Waals surface area contributed by atoms with E-state index in [-0.39, 0.29) is 18.6 Å². The topological polar surface area (TPSA) is 107 Å². The lowest BCUT2D eigenvalue weighted by Gasteiger charge is -2.42. The van der Waals surface area contributed by atoms with Crippen molar-refractivity contribution in [3.8, 4) is 0 Å². The van der Waals surface area contributed by atoms with Gasteiger partial charge in [-0.05, 0) is 44.6 Å². The number of benzene rings is 1. The third-order valence-electron chi connectivity index (χ3n) is 9.26. The van der Waals surface area contributed by atoms with Gasteiger partial charge in [0.15, 0.2) is 0 Å². The monoisotopic (exact) mass is 510 g/mol. The molecule has 4 fully saturated rings. The summed E-state index contributed by atoms with van der Waals surface area (Å²) in [5.74, 6) is -3.68. The number of nitrogens with zero attached hydrogens (tertiary/aromatic N) is 2. The number of aliphatic hydroxyl groups is 1. The summed E-state index contributed by atoms with van der Waals surface area (Å²) in [5.41, 5.74) is -1.29. The first-order valence-electron chi connectivity index (χ1n) is 13.6. The minimum atomic E-state index is -1.22. The second-order valence-corrected chi connectivity index (χ2v) is 11.4. The van der Waals surface area contributed by atoms with Gasteiger partial charge in [0.1, 0.15) is 11.6 Å². The molecule has 1 aliphatic carbocycles. The molecule has 1 aromatic rings. The van der Waals surface area contributed by atoms with Gasteiger partial charge in [0.25, 0.3) is 0 Å². The molecule has 6 atom stereocenters. The Balaban J connectivity index is 1.59. The van der Waals surface area contributed by atoms with Crippen LogP contribution in [0.15, 0.2) is 43.0 Å². The molecule has 1 aromatic carbocycles. The van der Waals surface area contributed by atoms with Gasteiger partial charge in [-0.1, -0.05) is 55.7 Å². The number of ether oxygens (including phenoxy) is 1. The van der Waals surface area contributed by atoms with Crippen molar-refractivity contribution in [3.05, 3.63) is 48.6 Å². The number of carbonyl (C=O) groups is 3. The van der Waals surface area contributed by atoms with Gasteiger partial charge in [-0.25, -0.2) is 0 Å². The molecule has 8 nitrogen and oxygen atoms in total. The van der Waals surface area contributed by atoms with Gasteiger partial charge in [0, 0.05) is 12.6 Å². The first-order valence-corrected chi connectivity index (χ1v) is 13.6. The van der Waals surface area contributed by atoms with Crippen molar-refractivity contribution in [1.29, 1.82) is 0 Å². The Hall–Kier alpha value is -2.71. The number of carboxylic acids is 1. The van der Waals surface area contributed by atoms with Gasteiger partial charge in [0.2, 0.25) is 11.8 Å². The number of amides is 2. The fourth-order valence-corrected chi connectivity index (χ4v) is 7.66. The van der Waals surface area contributed by atoms with Crippen LogP contribution in [0.4, 0.5) is 0 Å². The van der Waals surface area contributed by atoms with E-state index < -0.39 is 47.0 Å². The third kappa shape index (κ3) is 4.09. The van der Waals surface area contributed by atoms with Crippen LogP contribution < -0.4 is 0 Å². The van der Waals surface area contributed by atoms with Gasteiger partial charge < -0.3 is 24.7 Å². The fraction of sp³-hybridized carbons (Fsp3) is 0.621. The van der Waals surface area contributed by atoms with E-state index in [1.54, 1.807) is 13.0 Å². The highest BCUT2D eigenvalue weighted by atomic mass is 16.5. The summed E-state index contributed by atoms with van der Waals surface area (Å²) in [5, 5.41) is 20.7. The highest BCUT2D eigenvalue weighted by Gasteiger charge is 2.79. The lowest BCUT2D eigenvalue weighted by molar-refractivity contribution is -0.159. The van der Waals surface area contributed by atoms with Crippen molar-refractivity contribution in [3.63, 3.8) is 0 Å². The molecule has 4 aliphatic rings. The van der Waals surface area contributed by atoms with Gasteiger partial charge >= 0.3 is 5.97 Å². The molecule has 2 unspecified atom stereocenters. The van der Waals surface area contributed by atoms with Gasteiger partial charge in [-0.2, -0.15) is 0 Å². The maximum atomic E-state index is 14.5. The molecule has 1 saturated carbocycles. The number of fused-ring (bicyclic) bond motifs is 1. The number of aliphatic carboxylic acids is 1. The highest BCUT2D eigenvalue weighted by molar-refractivity contribution is 5.98. The van der Waals surface area contributed by atoms with Crippen molar-refractivity contribution in [2.75, 3.05) is 13.2 Å². The van der Waals surface area contributed by atoms with Crippen LogP contribution >= 0.6 is 0 Å². The Labute approximate surface area is 218 Å². The van der Waals surface area contributed by atoms with E-state index in [0.29, 0.717) is 25.8 Å². The van der Waals surface area contributed by atoms with E-state index in [9.17, 15) is 24.6 Å². The molecule has 3 heterocycles. The van der Waals surface area contributed by atoms with E-state index in [2.05, 4.69) is 6.58 Å². The molecule has 3 saturated heterocycles. The summed E-state index contributed by atoms with van der Waals surface area (Å²) >= 11 is 0. The maximum absolute atomic E-state index is 14.5. The van der Waals surface area contributed by atoms with Crippen LogP contribution in [0, 0.1) is 11.8 Å². The molecule has 0 radical (unpaired) electrons. The molecule has 1 spiro atoms. The summed E-state index contributed by atoms with van der Waals surface area (Å²) in [6, 6.07) is 7.92. The summed E-state index contributed by atoms with van der Waals surface area (Å²) in [7, 11) is 0. The van der Waals surface area contributed by atoms with Crippen molar-refractivity contribution >= 4 is 17.8 Å².